The fourth-order valence-electron chi connectivity index (χ4n) is 0.900. The molecule has 0 radical (unpaired) electrons. The monoisotopic (exact) mass is 125 g/mol. The Morgan fingerprint density at radius 2 is 1.38 bits per heavy atom. The summed E-state index contributed by atoms with van der Waals surface area (Å²) in [6.45, 7) is 0. The van der Waals surface area contributed by atoms with E-state index in [1.54, 1.807) is 0 Å². The largest absolute Gasteiger partial charge is 0.299 e. The third kappa shape index (κ3) is 0.110. The highest BCUT2D eigenvalue weighted by Gasteiger charge is 2.62. The molecule has 0 amide bonds. The second-order valence-corrected chi connectivity index (χ2v) is 4.26. The summed E-state index contributed by atoms with van der Waals surface area (Å²) < 4.78 is 11.1. The van der Waals surface area contributed by atoms with Crippen molar-refractivity contribution in [3.05, 3.63) is 0 Å². The molecule has 0 bridgehead atoms. The molecule has 0 N–H and O–H groups in total. The molecule has 5 heteroatoms. The highest BCUT2D eigenvalue weighted by Crippen LogP contribution is 2.70. The molecule has 3 aliphatic heterocycles. The molecule has 0 aliphatic carbocycles. The van der Waals surface area contributed by atoms with Crippen LogP contribution in [-0.2, 0) is 4.57 Å². The summed E-state index contributed by atoms with van der Waals surface area (Å²) in [4.78, 5) is 11.2. The summed E-state index contributed by atoms with van der Waals surface area (Å²) >= 11 is 0. The molecule has 0 fully saturated rings. The second-order valence-electron chi connectivity index (χ2n) is 1.84. The zero-order valence-electron chi connectivity index (χ0n) is 3.70. The highest BCUT2D eigenvalue weighted by atomic mass is 31.2. The third-order valence-electron chi connectivity index (χ3n) is 1.44. The molecule has 0 unspecified atom stereocenters. The maximum absolute atomic E-state index is 11.1. The lowest BCUT2D eigenvalue weighted by Gasteiger charge is -2.37. The van der Waals surface area contributed by atoms with Crippen LogP contribution in [0.25, 0.3) is 0 Å². The Balaban J connectivity index is 2.73. The van der Waals surface area contributed by atoms with E-state index in [9.17, 15) is 4.57 Å². The summed E-state index contributed by atoms with van der Waals surface area (Å²) in [5.41, 5.74) is 1.62. The maximum atomic E-state index is 11.1. The third-order valence-corrected chi connectivity index (χ3v) is 3.73. The number of hydrogen-bond acceptors (Lipinski definition) is 4. The first-order valence-corrected chi connectivity index (χ1v) is 3.90. The lowest BCUT2D eigenvalue weighted by atomic mass is 10.9. The van der Waals surface area contributed by atoms with Crippen LogP contribution in [-0.4, -0.2) is 16.7 Å². The van der Waals surface area contributed by atoms with Crippen LogP contribution in [0, 0.1) is 0 Å². The normalized spacial score (nSPS) is 31.8. The zero-order valence-corrected chi connectivity index (χ0v) is 4.59. The zero-order chi connectivity index (χ0) is 5.35. The summed E-state index contributed by atoms with van der Waals surface area (Å²) in [6, 6.07) is 0. The van der Waals surface area contributed by atoms with Crippen LogP contribution in [0.4, 0.5) is 0 Å². The SMILES string of the molecule is O=P12C3=NC1=NC2=N3. The molecule has 0 aromatic heterocycles. The van der Waals surface area contributed by atoms with E-state index in [1.165, 1.54) is 0 Å². The molecule has 3 rings (SSSR count). The van der Waals surface area contributed by atoms with E-state index in [1.807, 2.05) is 0 Å². The molecular formula is C3N3OP. The molecule has 0 atom stereocenters. The molecule has 0 saturated carbocycles. The number of rotatable bonds is 0. The molecule has 4 nitrogen and oxygen atoms in total. The predicted octanol–water partition coefficient (Wildman–Crippen LogP) is 0.458. The molecule has 0 aromatic rings. The minimum absolute atomic E-state index is 0.539. The Labute approximate surface area is 44.4 Å². The van der Waals surface area contributed by atoms with Crippen molar-refractivity contribution >= 4 is 23.9 Å². The van der Waals surface area contributed by atoms with Crippen LogP contribution >= 0.6 is 7.14 Å². The van der Waals surface area contributed by atoms with Crippen molar-refractivity contribution in [1.82, 2.24) is 0 Å². The minimum Gasteiger partial charge on any atom is -0.299 e. The van der Waals surface area contributed by atoms with Gasteiger partial charge in [0, 0.05) is 0 Å². The lowest BCUT2D eigenvalue weighted by molar-refractivity contribution is 0.592. The second kappa shape index (κ2) is 0.576. The molecule has 3 aliphatic rings. The van der Waals surface area contributed by atoms with Gasteiger partial charge in [-0.05, 0) is 0 Å². The quantitative estimate of drug-likeness (QED) is 0.434. The fourth-order valence-corrected chi connectivity index (χ4v) is 2.42. The van der Waals surface area contributed by atoms with E-state index >= 15 is 0 Å². The Kier molecular flexibility index (Phi) is 0.238. The van der Waals surface area contributed by atoms with E-state index in [-0.39, 0.29) is 0 Å². The molecule has 0 spiro atoms. The number of nitrogens with zero attached hydrogens (tertiary/aromatic N) is 3. The van der Waals surface area contributed by atoms with Crippen LogP contribution in [0.2, 0.25) is 0 Å². The molecular weight excluding hydrogens is 125 g/mol. The van der Waals surface area contributed by atoms with Crippen molar-refractivity contribution in [2.24, 2.45) is 15.0 Å². The molecule has 3 heterocycles. The number of hydrogen-bond donors (Lipinski definition) is 0. The minimum atomic E-state index is -2.12. The van der Waals surface area contributed by atoms with Gasteiger partial charge in [-0.2, -0.15) is 0 Å². The van der Waals surface area contributed by atoms with E-state index < -0.39 is 7.14 Å². The Hall–Kier alpha value is -0.760. The van der Waals surface area contributed by atoms with Gasteiger partial charge < -0.3 is 0 Å². The first-order valence-electron chi connectivity index (χ1n) is 2.20. The van der Waals surface area contributed by atoms with Crippen molar-refractivity contribution in [1.29, 1.82) is 0 Å². The highest BCUT2D eigenvalue weighted by molar-refractivity contribution is 8.14. The first kappa shape index (κ1) is 3.30. The van der Waals surface area contributed by atoms with E-state index in [0.717, 1.165) is 0 Å². The van der Waals surface area contributed by atoms with Gasteiger partial charge in [-0.3, -0.25) is 4.57 Å². The van der Waals surface area contributed by atoms with Crippen molar-refractivity contribution in [3.63, 3.8) is 0 Å². The summed E-state index contributed by atoms with van der Waals surface area (Å²) in [6.07, 6.45) is 0. The van der Waals surface area contributed by atoms with Crippen LogP contribution in [0.15, 0.2) is 15.0 Å². The smallest absolute Gasteiger partial charge is 0.278 e. The summed E-state index contributed by atoms with van der Waals surface area (Å²) in [5, 5.41) is 0. The van der Waals surface area contributed by atoms with Gasteiger partial charge in [0.05, 0.1) is 0 Å². The summed E-state index contributed by atoms with van der Waals surface area (Å²) in [5.74, 6) is 0. The number of amidine groups is 3. The summed E-state index contributed by atoms with van der Waals surface area (Å²) in [7, 11) is -2.12. The van der Waals surface area contributed by atoms with Gasteiger partial charge in [-0.15, -0.1) is 0 Å². The van der Waals surface area contributed by atoms with Gasteiger partial charge in [-0.1, -0.05) is 0 Å². The first-order chi connectivity index (χ1) is 3.82. The topological polar surface area (TPSA) is 54.1 Å². The Morgan fingerprint density at radius 1 is 1.00 bits per heavy atom. The van der Waals surface area contributed by atoms with Crippen LogP contribution < -0.4 is 0 Å². The van der Waals surface area contributed by atoms with Gasteiger partial charge in [0.15, 0.2) is 0 Å². The standard InChI is InChI=1S/C3N3OP/c7-8-1-4-2(8)6-3(8)5-1. The molecule has 0 saturated heterocycles. The average molecular weight is 125 g/mol. The van der Waals surface area contributed by atoms with Crippen LogP contribution in [0.1, 0.15) is 0 Å². The van der Waals surface area contributed by atoms with E-state index in [0.29, 0.717) is 16.7 Å². The van der Waals surface area contributed by atoms with Crippen LogP contribution in [0.5, 0.6) is 0 Å². The molecule has 8 heavy (non-hydrogen) atoms. The van der Waals surface area contributed by atoms with Crippen molar-refractivity contribution < 1.29 is 4.57 Å². The average Bonchev–Trinajstić information content (AvgIpc) is 1.90. The van der Waals surface area contributed by atoms with Gasteiger partial charge >= 0.3 is 0 Å². The van der Waals surface area contributed by atoms with Gasteiger partial charge in [0.1, 0.15) is 0 Å². The van der Waals surface area contributed by atoms with E-state index in [4.69, 9.17) is 0 Å². The van der Waals surface area contributed by atoms with Crippen LogP contribution in [0.3, 0.4) is 0 Å². The van der Waals surface area contributed by atoms with E-state index in [2.05, 4.69) is 15.0 Å². The lowest BCUT2D eigenvalue weighted by Crippen LogP contribution is -2.39. The van der Waals surface area contributed by atoms with Gasteiger partial charge in [0.2, 0.25) is 16.7 Å². The maximum Gasteiger partial charge on any atom is 0.278 e. The van der Waals surface area contributed by atoms with Gasteiger partial charge in [0.25, 0.3) is 7.14 Å². The molecule has 38 valence electrons. The Morgan fingerprint density at radius 3 is 1.38 bits per heavy atom. The molecule has 0 aromatic carbocycles. The predicted molar refractivity (Wildman–Crippen MR) is 29.9 cm³/mol. The fraction of sp³-hybridized carbons (Fsp3) is 0. The van der Waals surface area contributed by atoms with Crippen molar-refractivity contribution in [2.45, 2.75) is 0 Å². The number of aliphatic imine (C=N–C) groups is 3. The Bertz CT molecular complexity index is 276. The van der Waals surface area contributed by atoms with Crippen molar-refractivity contribution in [3.8, 4) is 0 Å². The van der Waals surface area contributed by atoms with Crippen molar-refractivity contribution in [2.75, 3.05) is 0 Å². The van der Waals surface area contributed by atoms with Gasteiger partial charge in [-0.25, -0.2) is 15.0 Å².